The minimum absolute atomic E-state index is 0.0529. The van der Waals surface area contributed by atoms with Gasteiger partial charge in [0.2, 0.25) is 5.88 Å². The average Bonchev–Trinajstić information content (AvgIpc) is 2.48. The number of rotatable bonds is 4. The fourth-order valence-corrected chi connectivity index (χ4v) is 1.46. The standard InChI is InChI=1S/C13H13N3O4/c1-18-8-3-4-11(9(14)5-8)20-12-7-15-6-10(16-12)13(17)19-2/h3-7H,14H2,1-2H3. The van der Waals surface area contributed by atoms with Gasteiger partial charge in [0.05, 0.1) is 32.3 Å². The van der Waals surface area contributed by atoms with Gasteiger partial charge >= 0.3 is 5.97 Å². The molecule has 0 radical (unpaired) electrons. The highest BCUT2D eigenvalue weighted by molar-refractivity contribution is 5.86. The first-order valence-corrected chi connectivity index (χ1v) is 5.65. The molecule has 1 aromatic carbocycles. The maximum absolute atomic E-state index is 11.3. The molecule has 7 nitrogen and oxygen atoms in total. The summed E-state index contributed by atoms with van der Waals surface area (Å²) >= 11 is 0. The number of anilines is 1. The monoisotopic (exact) mass is 275 g/mol. The number of methoxy groups -OCH3 is 2. The summed E-state index contributed by atoms with van der Waals surface area (Å²) in [6, 6.07) is 4.96. The van der Waals surface area contributed by atoms with E-state index >= 15 is 0 Å². The van der Waals surface area contributed by atoms with Crippen molar-refractivity contribution in [3.8, 4) is 17.4 Å². The lowest BCUT2D eigenvalue weighted by Crippen LogP contribution is -2.05. The van der Waals surface area contributed by atoms with Crippen LogP contribution in [0.2, 0.25) is 0 Å². The minimum atomic E-state index is -0.592. The van der Waals surface area contributed by atoms with Gasteiger partial charge in [-0.3, -0.25) is 4.98 Å². The van der Waals surface area contributed by atoms with E-state index in [9.17, 15) is 4.79 Å². The zero-order valence-corrected chi connectivity index (χ0v) is 11.0. The molecule has 0 aliphatic heterocycles. The fraction of sp³-hybridized carbons (Fsp3) is 0.154. The normalized spacial score (nSPS) is 9.90. The SMILES string of the molecule is COC(=O)c1cncc(Oc2ccc(OC)cc2N)n1. The smallest absolute Gasteiger partial charge is 0.358 e. The van der Waals surface area contributed by atoms with Crippen molar-refractivity contribution in [2.75, 3.05) is 20.0 Å². The van der Waals surface area contributed by atoms with Gasteiger partial charge in [-0.05, 0) is 12.1 Å². The molecule has 1 heterocycles. The zero-order valence-electron chi connectivity index (χ0n) is 11.0. The number of aromatic nitrogens is 2. The summed E-state index contributed by atoms with van der Waals surface area (Å²) in [4.78, 5) is 19.2. The highest BCUT2D eigenvalue weighted by Gasteiger charge is 2.11. The van der Waals surface area contributed by atoms with Crippen molar-refractivity contribution >= 4 is 11.7 Å². The van der Waals surface area contributed by atoms with E-state index in [1.54, 1.807) is 25.3 Å². The zero-order chi connectivity index (χ0) is 14.5. The third-order valence-electron chi connectivity index (χ3n) is 2.44. The van der Waals surface area contributed by atoms with Crippen LogP contribution in [-0.2, 0) is 4.74 Å². The van der Waals surface area contributed by atoms with E-state index in [-0.39, 0.29) is 11.6 Å². The molecule has 0 aliphatic rings. The van der Waals surface area contributed by atoms with Crippen LogP contribution >= 0.6 is 0 Å². The molecule has 2 N–H and O–H groups in total. The van der Waals surface area contributed by atoms with Crippen LogP contribution in [0.1, 0.15) is 10.5 Å². The maximum atomic E-state index is 11.3. The average molecular weight is 275 g/mol. The van der Waals surface area contributed by atoms with Crippen LogP contribution in [0.5, 0.6) is 17.4 Å². The molecule has 0 unspecified atom stereocenters. The van der Waals surface area contributed by atoms with Crippen LogP contribution in [0, 0.1) is 0 Å². The maximum Gasteiger partial charge on any atom is 0.358 e. The van der Waals surface area contributed by atoms with E-state index in [1.807, 2.05) is 0 Å². The number of carbonyl (C=O) groups excluding carboxylic acids is 1. The van der Waals surface area contributed by atoms with Gasteiger partial charge in [-0.15, -0.1) is 0 Å². The van der Waals surface area contributed by atoms with Crippen LogP contribution in [0.3, 0.4) is 0 Å². The molecule has 104 valence electrons. The van der Waals surface area contributed by atoms with Crippen LogP contribution in [0.4, 0.5) is 5.69 Å². The Morgan fingerprint density at radius 2 is 2.05 bits per heavy atom. The first-order chi connectivity index (χ1) is 9.63. The number of benzene rings is 1. The number of nitrogens with zero attached hydrogens (tertiary/aromatic N) is 2. The number of hydrogen-bond donors (Lipinski definition) is 1. The number of hydrogen-bond acceptors (Lipinski definition) is 7. The second-order valence-corrected chi connectivity index (χ2v) is 3.74. The van der Waals surface area contributed by atoms with Gasteiger partial charge in [0.15, 0.2) is 11.4 Å². The molecule has 0 atom stereocenters. The summed E-state index contributed by atoms with van der Waals surface area (Å²) in [5.41, 5.74) is 6.26. The van der Waals surface area contributed by atoms with E-state index in [4.69, 9.17) is 15.2 Å². The Morgan fingerprint density at radius 3 is 2.70 bits per heavy atom. The van der Waals surface area contributed by atoms with Crippen LogP contribution in [-0.4, -0.2) is 30.2 Å². The molecule has 0 saturated heterocycles. The van der Waals surface area contributed by atoms with E-state index in [2.05, 4.69) is 14.7 Å². The van der Waals surface area contributed by atoms with Crippen molar-refractivity contribution in [1.29, 1.82) is 0 Å². The Morgan fingerprint density at radius 1 is 1.25 bits per heavy atom. The van der Waals surface area contributed by atoms with Gasteiger partial charge in [0.1, 0.15) is 5.75 Å². The van der Waals surface area contributed by atoms with Gasteiger partial charge in [-0.2, -0.15) is 0 Å². The Kier molecular flexibility index (Phi) is 3.99. The lowest BCUT2D eigenvalue weighted by Gasteiger charge is -2.09. The molecule has 0 bridgehead atoms. The molecule has 0 aliphatic carbocycles. The predicted molar refractivity (Wildman–Crippen MR) is 70.9 cm³/mol. The molecular weight excluding hydrogens is 262 g/mol. The Balaban J connectivity index is 2.24. The summed E-state index contributed by atoms with van der Waals surface area (Å²) < 4.78 is 15.1. The van der Waals surface area contributed by atoms with Gasteiger partial charge in [-0.25, -0.2) is 9.78 Å². The third-order valence-corrected chi connectivity index (χ3v) is 2.44. The molecule has 0 fully saturated rings. The van der Waals surface area contributed by atoms with Crippen LogP contribution in [0.25, 0.3) is 0 Å². The Bertz CT molecular complexity index is 631. The molecule has 2 aromatic rings. The Labute approximate surface area is 115 Å². The lowest BCUT2D eigenvalue weighted by molar-refractivity contribution is 0.0592. The summed E-state index contributed by atoms with van der Waals surface area (Å²) in [7, 11) is 2.81. The van der Waals surface area contributed by atoms with Crippen molar-refractivity contribution in [2.24, 2.45) is 0 Å². The van der Waals surface area contributed by atoms with E-state index in [0.29, 0.717) is 17.2 Å². The first kappa shape index (κ1) is 13.6. The molecule has 0 spiro atoms. The molecular formula is C13H13N3O4. The van der Waals surface area contributed by atoms with Crippen molar-refractivity contribution in [2.45, 2.75) is 0 Å². The van der Waals surface area contributed by atoms with Crippen LogP contribution in [0.15, 0.2) is 30.6 Å². The number of ether oxygens (including phenoxy) is 3. The quantitative estimate of drug-likeness (QED) is 0.669. The summed E-state index contributed by atoms with van der Waals surface area (Å²) in [6.45, 7) is 0. The third kappa shape index (κ3) is 2.94. The second kappa shape index (κ2) is 5.87. The van der Waals surface area contributed by atoms with E-state index < -0.39 is 5.97 Å². The molecule has 2 rings (SSSR count). The van der Waals surface area contributed by atoms with Gasteiger partial charge in [0, 0.05) is 6.07 Å². The Hall–Kier alpha value is -2.83. The summed E-state index contributed by atoms with van der Waals surface area (Å²) in [6.07, 6.45) is 2.66. The number of esters is 1. The molecule has 1 aromatic heterocycles. The second-order valence-electron chi connectivity index (χ2n) is 3.74. The molecule has 7 heteroatoms. The summed E-state index contributed by atoms with van der Waals surface area (Å²) in [5.74, 6) is 0.557. The number of carbonyl (C=O) groups is 1. The number of nitrogens with two attached hydrogens (primary N) is 1. The minimum Gasteiger partial charge on any atom is -0.497 e. The van der Waals surface area contributed by atoms with Crippen molar-refractivity contribution in [1.82, 2.24) is 9.97 Å². The lowest BCUT2D eigenvalue weighted by atomic mass is 10.3. The van der Waals surface area contributed by atoms with Gasteiger partial charge < -0.3 is 19.9 Å². The molecule has 20 heavy (non-hydrogen) atoms. The topological polar surface area (TPSA) is 96.6 Å². The fourth-order valence-electron chi connectivity index (χ4n) is 1.46. The van der Waals surface area contributed by atoms with Gasteiger partial charge in [0.25, 0.3) is 0 Å². The van der Waals surface area contributed by atoms with Crippen molar-refractivity contribution < 1.29 is 19.0 Å². The largest absolute Gasteiger partial charge is 0.497 e. The van der Waals surface area contributed by atoms with Gasteiger partial charge in [-0.1, -0.05) is 0 Å². The highest BCUT2D eigenvalue weighted by Crippen LogP contribution is 2.29. The number of nitrogen functional groups attached to an aromatic ring is 1. The first-order valence-electron chi connectivity index (χ1n) is 5.65. The van der Waals surface area contributed by atoms with E-state index in [1.165, 1.54) is 19.5 Å². The van der Waals surface area contributed by atoms with E-state index in [0.717, 1.165) is 0 Å². The van der Waals surface area contributed by atoms with Crippen LogP contribution < -0.4 is 15.2 Å². The molecule has 0 saturated carbocycles. The van der Waals surface area contributed by atoms with Crippen molar-refractivity contribution in [3.63, 3.8) is 0 Å². The van der Waals surface area contributed by atoms with Crippen molar-refractivity contribution in [3.05, 3.63) is 36.3 Å². The highest BCUT2D eigenvalue weighted by atomic mass is 16.5. The molecule has 0 amide bonds. The predicted octanol–water partition coefficient (Wildman–Crippen LogP) is 1.65. The summed E-state index contributed by atoms with van der Waals surface area (Å²) in [5, 5.41) is 0.